The molecular formula is C16H19N5O2S. The predicted molar refractivity (Wildman–Crippen MR) is 95.5 cm³/mol. The highest BCUT2D eigenvalue weighted by Gasteiger charge is 2.12. The molecule has 0 unspecified atom stereocenters. The van der Waals surface area contributed by atoms with E-state index in [1.165, 1.54) is 29.9 Å². The summed E-state index contributed by atoms with van der Waals surface area (Å²) in [4.78, 5) is 30.0. The van der Waals surface area contributed by atoms with Gasteiger partial charge in [0.15, 0.2) is 5.13 Å². The van der Waals surface area contributed by atoms with Crippen molar-refractivity contribution in [2.75, 3.05) is 28.6 Å². The minimum absolute atomic E-state index is 0.127. The first-order chi connectivity index (χ1) is 11.6. The number of anilines is 3. The van der Waals surface area contributed by atoms with Crippen LogP contribution in [0.3, 0.4) is 0 Å². The Kier molecular flexibility index (Phi) is 4.95. The molecule has 1 aromatic carbocycles. The Morgan fingerprint density at radius 1 is 1.17 bits per heavy atom. The molecule has 1 aliphatic rings. The number of aromatic nitrogens is 1. The molecule has 0 saturated carbocycles. The molecule has 1 aliphatic heterocycles. The molecule has 0 atom stereocenters. The molecule has 3 rings (SSSR count). The van der Waals surface area contributed by atoms with Crippen molar-refractivity contribution < 1.29 is 9.59 Å². The fraction of sp³-hybridized carbons (Fsp3) is 0.312. The van der Waals surface area contributed by atoms with Crippen molar-refractivity contribution in [3.8, 4) is 0 Å². The van der Waals surface area contributed by atoms with E-state index in [4.69, 9.17) is 5.73 Å². The van der Waals surface area contributed by atoms with E-state index in [1.54, 1.807) is 6.20 Å². The number of hydrogen-bond acceptors (Lipinski definition) is 5. The third kappa shape index (κ3) is 4.23. The maximum atomic E-state index is 12.1. The summed E-state index contributed by atoms with van der Waals surface area (Å²) in [6.45, 7) is 2.19. The van der Waals surface area contributed by atoms with Gasteiger partial charge in [0.05, 0.1) is 6.42 Å². The molecule has 1 aromatic heterocycles. The lowest BCUT2D eigenvalue weighted by Crippen LogP contribution is -2.18. The van der Waals surface area contributed by atoms with Crippen molar-refractivity contribution in [1.82, 2.24) is 4.98 Å². The number of nitrogens with one attached hydrogen (secondary N) is 2. The number of nitrogens with two attached hydrogens (primary N) is 1. The number of hydrogen-bond donors (Lipinski definition) is 3. The van der Waals surface area contributed by atoms with Crippen molar-refractivity contribution in [1.29, 1.82) is 0 Å². The number of primary amides is 1. The van der Waals surface area contributed by atoms with E-state index in [0.29, 0.717) is 5.13 Å². The summed E-state index contributed by atoms with van der Waals surface area (Å²) in [5.41, 5.74) is 6.98. The van der Waals surface area contributed by atoms with Crippen molar-refractivity contribution in [2.24, 2.45) is 5.73 Å². The Balaban J connectivity index is 1.54. The number of thiazole rings is 1. The number of urea groups is 1. The van der Waals surface area contributed by atoms with Gasteiger partial charge in [-0.1, -0.05) is 0 Å². The third-order valence-electron chi connectivity index (χ3n) is 3.74. The van der Waals surface area contributed by atoms with E-state index < -0.39 is 6.03 Å². The largest absolute Gasteiger partial charge is 0.372 e. The highest BCUT2D eigenvalue weighted by Crippen LogP contribution is 2.23. The third-order valence-corrected chi connectivity index (χ3v) is 4.65. The fourth-order valence-corrected chi connectivity index (χ4v) is 3.46. The molecule has 1 saturated heterocycles. The van der Waals surface area contributed by atoms with Gasteiger partial charge in [0, 0.05) is 35.5 Å². The second kappa shape index (κ2) is 7.31. The molecule has 8 heteroatoms. The number of amides is 3. The van der Waals surface area contributed by atoms with E-state index in [1.807, 2.05) is 24.3 Å². The molecule has 24 heavy (non-hydrogen) atoms. The van der Waals surface area contributed by atoms with Crippen molar-refractivity contribution in [3.05, 3.63) is 35.3 Å². The summed E-state index contributed by atoms with van der Waals surface area (Å²) >= 11 is 1.23. The number of rotatable bonds is 5. The van der Waals surface area contributed by atoms with Crippen molar-refractivity contribution in [2.45, 2.75) is 19.3 Å². The second-order valence-electron chi connectivity index (χ2n) is 5.59. The van der Waals surface area contributed by atoms with Crippen LogP contribution in [0.2, 0.25) is 0 Å². The highest BCUT2D eigenvalue weighted by atomic mass is 32.1. The monoisotopic (exact) mass is 345 g/mol. The van der Waals surface area contributed by atoms with Crippen molar-refractivity contribution in [3.63, 3.8) is 0 Å². The number of carbonyl (C=O) groups is 2. The van der Waals surface area contributed by atoms with Crippen LogP contribution >= 0.6 is 11.3 Å². The molecular weight excluding hydrogens is 326 g/mol. The Morgan fingerprint density at radius 2 is 1.88 bits per heavy atom. The van der Waals surface area contributed by atoms with Crippen LogP contribution in [-0.4, -0.2) is 30.0 Å². The quantitative estimate of drug-likeness (QED) is 0.774. The van der Waals surface area contributed by atoms with Crippen molar-refractivity contribution >= 4 is 39.8 Å². The summed E-state index contributed by atoms with van der Waals surface area (Å²) in [7, 11) is 0. The smallest absolute Gasteiger partial charge is 0.318 e. The summed E-state index contributed by atoms with van der Waals surface area (Å²) in [5.74, 6) is -0.127. The maximum Gasteiger partial charge on any atom is 0.318 e. The topological polar surface area (TPSA) is 100 Å². The minimum atomic E-state index is -0.668. The van der Waals surface area contributed by atoms with E-state index in [0.717, 1.165) is 23.7 Å². The molecule has 0 spiro atoms. The molecule has 4 N–H and O–H groups in total. The van der Waals surface area contributed by atoms with Crippen LogP contribution in [-0.2, 0) is 11.2 Å². The average Bonchev–Trinajstić information content (AvgIpc) is 3.19. The molecule has 0 radical (unpaired) electrons. The van der Waals surface area contributed by atoms with Gasteiger partial charge in [-0.3, -0.25) is 10.1 Å². The number of carbonyl (C=O) groups excluding carboxylic acids is 2. The second-order valence-corrected chi connectivity index (χ2v) is 6.70. The van der Waals surface area contributed by atoms with E-state index >= 15 is 0 Å². The number of nitrogens with zero attached hydrogens (tertiary/aromatic N) is 2. The highest BCUT2D eigenvalue weighted by molar-refractivity contribution is 7.15. The van der Waals surface area contributed by atoms with Crippen LogP contribution in [0.4, 0.5) is 21.3 Å². The van der Waals surface area contributed by atoms with Gasteiger partial charge in [-0.15, -0.1) is 11.3 Å². The first kappa shape index (κ1) is 16.3. The first-order valence-corrected chi connectivity index (χ1v) is 8.58. The zero-order valence-electron chi connectivity index (χ0n) is 13.1. The van der Waals surface area contributed by atoms with Gasteiger partial charge >= 0.3 is 6.03 Å². The van der Waals surface area contributed by atoms with Gasteiger partial charge < -0.3 is 16.0 Å². The molecule has 1 fully saturated rings. The standard InChI is InChI=1S/C16H19N5O2S/c17-15(23)20-16-18-10-13(24-16)9-14(22)19-11-3-5-12(6-4-11)21-7-1-2-8-21/h3-6,10H,1-2,7-9H2,(H,19,22)(H3,17,18,20,23). The van der Waals surface area contributed by atoms with Crippen LogP contribution in [0.15, 0.2) is 30.5 Å². The predicted octanol–water partition coefficient (Wildman–Crippen LogP) is 2.42. The zero-order valence-corrected chi connectivity index (χ0v) is 13.9. The molecule has 7 nitrogen and oxygen atoms in total. The lowest BCUT2D eigenvalue weighted by atomic mass is 10.2. The summed E-state index contributed by atoms with van der Waals surface area (Å²) in [6, 6.07) is 7.22. The Morgan fingerprint density at radius 3 is 2.54 bits per heavy atom. The number of benzene rings is 1. The molecule has 2 heterocycles. The Hall–Kier alpha value is -2.61. The van der Waals surface area contributed by atoms with Crippen LogP contribution < -0.4 is 21.3 Å². The van der Waals surface area contributed by atoms with Gasteiger partial charge in [-0.05, 0) is 37.1 Å². The Bertz CT molecular complexity index is 722. The molecule has 126 valence electrons. The lowest BCUT2D eigenvalue weighted by molar-refractivity contribution is -0.115. The first-order valence-electron chi connectivity index (χ1n) is 7.76. The van der Waals surface area contributed by atoms with E-state index in [9.17, 15) is 9.59 Å². The lowest BCUT2D eigenvalue weighted by Gasteiger charge is -2.17. The molecule has 2 aromatic rings. The van der Waals surface area contributed by atoms with Crippen LogP contribution in [0.25, 0.3) is 0 Å². The fourth-order valence-electron chi connectivity index (χ4n) is 2.65. The van der Waals surface area contributed by atoms with E-state index in [2.05, 4.69) is 20.5 Å². The van der Waals surface area contributed by atoms with Gasteiger partial charge in [0.1, 0.15) is 0 Å². The molecule has 3 amide bonds. The van der Waals surface area contributed by atoms with Crippen LogP contribution in [0.1, 0.15) is 17.7 Å². The Labute approximate surface area is 143 Å². The minimum Gasteiger partial charge on any atom is -0.372 e. The SMILES string of the molecule is NC(=O)Nc1ncc(CC(=O)Nc2ccc(N3CCCC3)cc2)s1. The van der Waals surface area contributed by atoms with Gasteiger partial charge in [0.25, 0.3) is 0 Å². The van der Waals surface area contributed by atoms with Crippen LogP contribution in [0.5, 0.6) is 0 Å². The van der Waals surface area contributed by atoms with Gasteiger partial charge in [0.2, 0.25) is 5.91 Å². The summed E-state index contributed by atoms with van der Waals surface area (Å²) in [6.07, 6.45) is 4.23. The molecule has 0 aliphatic carbocycles. The summed E-state index contributed by atoms with van der Waals surface area (Å²) < 4.78 is 0. The van der Waals surface area contributed by atoms with E-state index in [-0.39, 0.29) is 12.3 Å². The summed E-state index contributed by atoms with van der Waals surface area (Å²) in [5, 5.41) is 5.65. The maximum absolute atomic E-state index is 12.1. The van der Waals surface area contributed by atoms with Gasteiger partial charge in [-0.25, -0.2) is 9.78 Å². The van der Waals surface area contributed by atoms with Crippen LogP contribution in [0, 0.1) is 0 Å². The average molecular weight is 345 g/mol. The normalized spacial score (nSPS) is 13.8. The molecule has 0 bridgehead atoms. The van der Waals surface area contributed by atoms with Gasteiger partial charge in [-0.2, -0.15) is 0 Å². The zero-order chi connectivity index (χ0) is 16.9.